The van der Waals surface area contributed by atoms with E-state index in [1.54, 1.807) is 27.7 Å². The summed E-state index contributed by atoms with van der Waals surface area (Å²) in [6, 6.07) is 0. The fourth-order valence-electron chi connectivity index (χ4n) is 2.21. The topological polar surface area (TPSA) is 83.8 Å². The van der Waals surface area contributed by atoms with Crippen LogP contribution in [-0.4, -0.2) is 35.4 Å². The summed E-state index contributed by atoms with van der Waals surface area (Å²) in [4.78, 5) is 21.9. The third kappa shape index (κ3) is 11.8. The highest BCUT2D eigenvalue weighted by atomic mass is 16.5. The van der Waals surface area contributed by atoms with Crippen molar-refractivity contribution in [3.05, 3.63) is 12.2 Å². The number of allylic oxidation sites excluding steroid dienone is 2. The van der Waals surface area contributed by atoms with Crippen LogP contribution in [0.4, 0.5) is 0 Å². The molecule has 0 aliphatic rings. The molecule has 0 aliphatic heterocycles. The van der Waals surface area contributed by atoms with Gasteiger partial charge >= 0.3 is 11.9 Å². The Labute approximate surface area is 152 Å². The number of unbranched alkanes of at least 4 members (excludes halogenated alkanes) is 4. The summed E-state index contributed by atoms with van der Waals surface area (Å²) >= 11 is 0. The van der Waals surface area contributed by atoms with Crippen molar-refractivity contribution in [2.75, 3.05) is 13.2 Å². The number of hydrogen-bond acceptors (Lipinski definition) is 3. The van der Waals surface area contributed by atoms with Crippen LogP contribution in [0.5, 0.6) is 0 Å². The Morgan fingerprint density at radius 3 is 1.92 bits per heavy atom. The molecular weight excluding hydrogens is 320 g/mol. The van der Waals surface area contributed by atoms with Crippen LogP contribution in [-0.2, 0) is 14.3 Å². The van der Waals surface area contributed by atoms with Crippen molar-refractivity contribution in [3.63, 3.8) is 0 Å². The normalized spacial score (nSPS) is 12.6. The molecule has 0 spiro atoms. The highest BCUT2D eigenvalue weighted by molar-refractivity contribution is 5.74. The van der Waals surface area contributed by atoms with Gasteiger partial charge in [0.2, 0.25) is 0 Å². The van der Waals surface area contributed by atoms with E-state index in [1.165, 1.54) is 0 Å². The van der Waals surface area contributed by atoms with Crippen LogP contribution in [0.3, 0.4) is 0 Å². The maximum absolute atomic E-state index is 11.0. The molecule has 146 valence electrons. The van der Waals surface area contributed by atoms with Gasteiger partial charge in [-0.25, -0.2) is 0 Å². The third-order valence-electron chi connectivity index (χ3n) is 4.45. The molecule has 0 saturated heterocycles. The van der Waals surface area contributed by atoms with E-state index in [9.17, 15) is 9.59 Å². The van der Waals surface area contributed by atoms with Crippen molar-refractivity contribution >= 4 is 11.9 Å². The Kier molecular flexibility index (Phi) is 11.4. The van der Waals surface area contributed by atoms with Crippen LogP contribution in [0, 0.1) is 10.8 Å². The standard InChI is InChI=1S/C20H36O5/c1-19(2,17(21)22)13-9-7-5-6-8-11-15-25-16-12-10-14-20(3,4)18(23)24/h7,9H,5-6,8,10-16H2,1-4H3,(H,21,22)(H,23,24)/b9-7-. The zero-order valence-electron chi connectivity index (χ0n) is 16.3. The van der Waals surface area contributed by atoms with Gasteiger partial charge in [0, 0.05) is 13.2 Å². The van der Waals surface area contributed by atoms with Gasteiger partial charge in [-0.2, -0.15) is 0 Å². The highest BCUT2D eigenvalue weighted by Crippen LogP contribution is 2.23. The smallest absolute Gasteiger partial charge is 0.309 e. The Bertz CT molecular complexity index is 424. The fourth-order valence-corrected chi connectivity index (χ4v) is 2.21. The average molecular weight is 357 g/mol. The molecule has 0 radical (unpaired) electrons. The minimum Gasteiger partial charge on any atom is -0.481 e. The lowest BCUT2D eigenvalue weighted by atomic mass is 9.87. The van der Waals surface area contributed by atoms with E-state index in [-0.39, 0.29) is 0 Å². The number of ether oxygens (including phenoxy) is 1. The van der Waals surface area contributed by atoms with E-state index in [0.29, 0.717) is 19.4 Å². The number of hydrogen-bond donors (Lipinski definition) is 2. The van der Waals surface area contributed by atoms with E-state index >= 15 is 0 Å². The Hall–Kier alpha value is -1.36. The second-order valence-corrected chi connectivity index (χ2v) is 7.97. The van der Waals surface area contributed by atoms with Crippen molar-refractivity contribution in [3.8, 4) is 0 Å². The predicted octanol–water partition coefficient (Wildman–Crippen LogP) is 4.90. The molecule has 0 aliphatic carbocycles. The molecule has 0 fully saturated rings. The van der Waals surface area contributed by atoms with Gasteiger partial charge in [-0.1, -0.05) is 25.0 Å². The molecule has 0 rings (SSSR count). The maximum atomic E-state index is 11.0. The summed E-state index contributed by atoms with van der Waals surface area (Å²) in [6.45, 7) is 8.43. The summed E-state index contributed by atoms with van der Waals surface area (Å²) in [5.41, 5.74) is -1.34. The van der Waals surface area contributed by atoms with E-state index in [0.717, 1.165) is 45.1 Å². The number of carboxylic acids is 2. The van der Waals surface area contributed by atoms with Gasteiger partial charge in [0.05, 0.1) is 10.8 Å². The monoisotopic (exact) mass is 356 g/mol. The molecule has 0 atom stereocenters. The Morgan fingerprint density at radius 1 is 0.800 bits per heavy atom. The Balaban J connectivity index is 3.46. The number of carbonyl (C=O) groups is 2. The summed E-state index contributed by atoms with van der Waals surface area (Å²) in [5, 5.41) is 18.0. The maximum Gasteiger partial charge on any atom is 0.309 e. The minimum atomic E-state index is -0.763. The van der Waals surface area contributed by atoms with Crippen molar-refractivity contribution in [2.24, 2.45) is 10.8 Å². The van der Waals surface area contributed by atoms with Crippen LogP contribution in [0.1, 0.15) is 79.1 Å². The summed E-state index contributed by atoms with van der Waals surface area (Å²) in [6.07, 6.45) is 11.2. The van der Waals surface area contributed by atoms with Gasteiger partial charge < -0.3 is 14.9 Å². The third-order valence-corrected chi connectivity index (χ3v) is 4.45. The quantitative estimate of drug-likeness (QED) is 0.322. The zero-order valence-corrected chi connectivity index (χ0v) is 16.3. The van der Waals surface area contributed by atoms with Crippen molar-refractivity contribution < 1.29 is 24.5 Å². The fraction of sp³-hybridized carbons (Fsp3) is 0.800. The first-order valence-corrected chi connectivity index (χ1v) is 9.29. The summed E-state index contributed by atoms with van der Waals surface area (Å²) in [5.74, 6) is -1.50. The van der Waals surface area contributed by atoms with Gasteiger partial charge in [0.1, 0.15) is 0 Å². The molecule has 0 aromatic carbocycles. The molecule has 0 aromatic heterocycles. The lowest BCUT2D eigenvalue weighted by Gasteiger charge is -2.18. The van der Waals surface area contributed by atoms with Crippen LogP contribution in [0.25, 0.3) is 0 Å². The molecule has 2 N–H and O–H groups in total. The molecule has 0 bridgehead atoms. The van der Waals surface area contributed by atoms with Gasteiger partial charge in [-0.05, 0) is 66.2 Å². The lowest BCUT2D eigenvalue weighted by Crippen LogP contribution is -2.23. The van der Waals surface area contributed by atoms with Gasteiger partial charge in [-0.3, -0.25) is 9.59 Å². The molecule has 0 heterocycles. The first-order chi connectivity index (χ1) is 11.6. The van der Waals surface area contributed by atoms with E-state index in [4.69, 9.17) is 14.9 Å². The van der Waals surface area contributed by atoms with Crippen molar-refractivity contribution in [2.45, 2.75) is 79.1 Å². The molecule has 5 heteroatoms. The van der Waals surface area contributed by atoms with Crippen molar-refractivity contribution in [1.82, 2.24) is 0 Å². The van der Waals surface area contributed by atoms with Gasteiger partial charge in [0.15, 0.2) is 0 Å². The lowest BCUT2D eigenvalue weighted by molar-refractivity contribution is -0.147. The highest BCUT2D eigenvalue weighted by Gasteiger charge is 2.26. The molecule has 0 amide bonds. The SMILES string of the molecule is CC(C)(C/C=C\CCCCCOCCCCC(C)(C)C(=O)O)C(=O)O. The van der Waals surface area contributed by atoms with E-state index in [1.807, 2.05) is 6.08 Å². The molecule has 5 nitrogen and oxygen atoms in total. The first kappa shape index (κ1) is 23.6. The van der Waals surface area contributed by atoms with E-state index in [2.05, 4.69) is 6.08 Å². The average Bonchev–Trinajstić information content (AvgIpc) is 2.51. The minimum absolute atomic E-state index is 0.560. The van der Waals surface area contributed by atoms with Crippen LogP contribution in [0.15, 0.2) is 12.2 Å². The molecule has 0 aromatic rings. The number of aliphatic carboxylic acids is 2. The molecule has 0 saturated carbocycles. The van der Waals surface area contributed by atoms with Crippen LogP contribution in [0.2, 0.25) is 0 Å². The van der Waals surface area contributed by atoms with E-state index < -0.39 is 22.8 Å². The molecular formula is C20H36O5. The molecule has 25 heavy (non-hydrogen) atoms. The second-order valence-electron chi connectivity index (χ2n) is 7.97. The van der Waals surface area contributed by atoms with Gasteiger partial charge in [-0.15, -0.1) is 0 Å². The predicted molar refractivity (Wildman–Crippen MR) is 99.7 cm³/mol. The van der Waals surface area contributed by atoms with Crippen LogP contribution < -0.4 is 0 Å². The Morgan fingerprint density at radius 2 is 1.36 bits per heavy atom. The van der Waals surface area contributed by atoms with Crippen LogP contribution >= 0.6 is 0 Å². The zero-order chi connectivity index (χ0) is 19.3. The van der Waals surface area contributed by atoms with Gasteiger partial charge in [0.25, 0.3) is 0 Å². The van der Waals surface area contributed by atoms with Crippen molar-refractivity contribution in [1.29, 1.82) is 0 Å². The number of rotatable bonds is 15. The number of carboxylic acid groups (broad SMARTS) is 2. The molecule has 0 unspecified atom stereocenters. The first-order valence-electron chi connectivity index (χ1n) is 9.29. The summed E-state index contributed by atoms with van der Waals surface area (Å²) in [7, 11) is 0. The summed E-state index contributed by atoms with van der Waals surface area (Å²) < 4.78 is 5.58. The largest absolute Gasteiger partial charge is 0.481 e. The second kappa shape index (κ2) is 12.1.